The molecule has 0 unspecified atom stereocenters. The number of allylic oxidation sites excluding steroid dienone is 1. The van der Waals surface area contributed by atoms with E-state index in [1.165, 1.54) is 37.3 Å². The summed E-state index contributed by atoms with van der Waals surface area (Å²) in [5.41, 5.74) is 2.77. The maximum absolute atomic E-state index is 3.77. The second-order valence-corrected chi connectivity index (χ2v) is 4.89. The maximum atomic E-state index is 3.77. The first-order chi connectivity index (χ1) is 8.28. The molecule has 2 nitrogen and oxygen atoms in total. The molecule has 0 N–H and O–H groups in total. The van der Waals surface area contributed by atoms with Crippen molar-refractivity contribution >= 4 is 0 Å². The summed E-state index contributed by atoms with van der Waals surface area (Å²) in [6, 6.07) is 8.93. The lowest BCUT2D eigenvalue weighted by Gasteiger charge is -2.32. The van der Waals surface area contributed by atoms with Crippen LogP contribution in [0.5, 0.6) is 0 Å². The van der Waals surface area contributed by atoms with Gasteiger partial charge in [0.25, 0.3) is 0 Å². The zero-order chi connectivity index (χ0) is 12.1. The summed E-state index contributed by atoms with van der Waals surface area (Å²) in [7, 11) is 2.20. The first-order valence-electron chi connectivity index (χ1n) is 6.37. The van der Waals surface area contributed by atoms with Gasteiger partial charge in [-0.2, -0.15) is 0 Å². The molecular formula is C15H22N2. The molecule has 0 spiro atoms. The van der Waals surface area contributed by atoms with Crippen molar-refractivity contribution in [1.82, 2.24) is 9.80 Å². The summed E-state index contributed by atoms with van der Waals surface area (Å²) in [6.07, 6.45) is 2.92. The average molecular weight is 230 g/mol. The molecule has 2 heteroatoms. The van der Waals surface area contributed by atoms with Crippen molar-refractivity contribution < 1.29 is 0 Å². The molecule has 0 radical (unpaired) electrons. The summed E-state index contributed by atoms with van der Waals surface area (Å²) in [5.74, 6) is 0. The molecule has 0 bridgehead atoms. The Morgan fingerprint density at radius 1 is 1.06 bits per heavy atom. The standard InChI is InChI=1S/C15H22N2/c1-3-4-14-5-7-15(8-6-14)13-17-11-9-16(2)10-12-17/h3,5-8H,1,4,9-13H2,2H3. The highest BCUT2D eigenvalue weighted by atomic mass is 15.2. The smallest absolute Gasteiger partial charge is 0.0234 e. The molecule has 0 aromatic heterocycles. The third kappa shape index (κ3) is 3.69. The van der Waals surface area contributed by atoms with Gasteiger partial charge in [-0.05, 0) is 24.6 Å². The van der Waals surface area contributed by atoms with Crippen LogP contribution in [0.1, 0.15) is 11.1 Å². The van der Waals surface area contributed by atoms with Crippen molar-refractivity contribution in [1.29, 1.82) is 0 Å². The number of hydrogen-bond acceptors (Lipinski definition) is 2. The van der Waals surface area contributed by atoms with Gasteiger partial charge in [-0.15, -0.1) is 6.58 Å². The van der Waals surface area contributed by atoms with Crippen LogP contribution in [0, 0.1) is 0 Å². The van der Waals surface area contributed by atoms with E-state index in [2.05, 4.69) is 47.7 Å². The highest BCUT2D eigenvalue weighted by Gasteiger charge is 2.13. The summed E-state index contributed by atoms with van der Waals surface area (Å²) in [5, 5.41) is 0. The first-order valence-corrected chi connectivity index (χ1v) is 6.37. The van der Waals surface area contributed by atoms with Crippen LogP contribution in [0.2, 0.25) is 0 Å². The molecule has 17 heavy (non-hydrogen) atoms. The lowest BCUT2D eigenvalue weighted by molar-refractivity contribution is 0.148. The Labute approximate surface area is 105 Å². The van der Waals surface area contributed by atoms with Crippen LogP contribution in [0.3, 0.4) is 0 Å². The van der Waals surface area contributed by atoms with E-state index in [0.717, 1.165) is 13.0 Å². The Morgan fingerprint density at radius 3 is 2.24 bits per heavy atom. The fourth-order valence-electron chi connectivity index (χ4n) is 2.21. The molecule has 92 valence electrons. The number of benzene rings is 1. The van der Waals surface area contributed by atoms with Gasteiger partial charge in [0.2, 0.25) is 0 Å². The lowest BCUT2D eigenvalue weighted by atomic mass is 10.1. The molecule has 1 heterocycles. The number of likely N-dealkylation sites (N-methyl/N-ethyl adjacent to an activating group) is 1. The van der Waals surface area contributed by atoms with E-state index in [-0.39, 0.29) is 0 Å². The maximum Gasteiger partial charge on any atom is 0.0234 e. The van der Waals surface area contributed by atoms with E-state index < -0.39 is 0 Å². The number of hydrogen-bond donors (Lipinski definition) is 0. The van der Waals surface area contributed by atoms with E-state index in [4.69, 9.17) is 0 Å². The number of piperazine rings is 1. The number of nitrogens with zero attached hydrogens (tertiary/aromatic N) is 2. The minimum Gasteiger partial charge on any atom is -0.304 e. The molecule has 1 aliphatic rings. The quantitative estimate of drug-likeness (QED) is 0.731. The summed E-state index contributed by atoms with van der Waals surface area (Å²) in [4.78, 5) is 4.92. The average Bonchev–Trinajstić information content (AvgIpc) is 2.35. The van der Waals surface area contributed by atoms with Gasteiger partial charge < -0.3 is 4.90 Å². The second-order valence-electron chi connectivity index (χ2n) is 4.89. The van der Waals surface area contributed by atoms with Gasteiger partial charge in [0, 0.05) is 32.7 Å². The van der Waals surface area contributed by atoms with Crippen molar-refractivity contribution in [3.05, 3.63) is 48.0 Å². The second kappa shape index (κ2) is 5.99. The highest BCUT2D eigenvalue weighted by molar-refractivity contribution is 5.23. The minimum atomic E-state index is 0.967. The molecule has 0 amide bonds. The van der Waals surface area contributed by atoms with Crippen LogP contribution in [0.15, 0.2) is 36.9 Å². The fourth-order valence-corrected chi connectivity index (χ4v) is 2.21. The SMILES string of the molecule is C=CCc1ccc(CN2CCN(C)CC2)cc1. The minimum absolute atomic E-state index is 0.967. The molecule has 2 rings (SSSR count). The first kappa shape index (κ1) is 12.3. The predicted octanol–water partition coefficient (Wildman–Crippen LogP) is 2.16. The van der Waals surface area contributed by atoms with Crippen molar-refractivity contribution in [3.8, 4) is 0 Å². The third-order valence-electron chi connectivity index (χ3n) is 3.41. The summed E-state index contributed by atoms with van der Waals surface area (Å²) in [6.45, 7) is 9.60. The van der Waals surface area contributed by atoms with Crippen LogP contribution in [0.25, 0.3) is 0 Å². The van der Waals surface area contributed by atoms with Crippen LogP contribution in [-0.2, 0) is 13.0 Å². The molecule has 0 aliphatic carbocycles. The number of rotatable bonds is 4. The Balaban J connectivity index is 1.88. The van der Waals surface area contributed by atoms with Crippen molar-refractivity contribution in [2.45, 2.75) is 13.0 Å². The summed E-state index contributed by atoms with van der Waals surface area (Å²) < 4.78 is 0. The van der Waals surface area contributed by atoms with Gasteiger partial charge in [0.15, 0.2) is 0 Å². The Kier molecular flexibility index (Phi) is 4.35. The van der Waals surface area contributed by atoms with Gasteiger partial charge in [0.1, 0.15) is 0 Å². The van der Waals surface area contributed by atoms with Crippen LogP contribution in [-0.4, -0.2) is 43.0 Å². The van der Waals surface area contributed by atoms with Crippen molar-refractivity contribution in [3.63, 3.8) is 0 Å². The van der Waals surface area contributed by atoms with Crippen molar-refractivity contribution in [2.24, 2.45) is 0 Å². The fraction of sp³-hybridized carbons (Fsp3) is 0.467. The van der Waals surface area contributed by atoms with Crippen molar-refractivity contribution in [2.75, 3.05) is 33.2 Å². The van der Waals surface area contributed by atoms with E-state index in [9.17, 15) is 0 Å². The normalized spacial score (nSPS) is 18.2. The van der Waals surface area contributed by atoms with E-state index >= 15 is 0 Å². The van der Waals surface area contributed by atoms with Gasteiger partial charge in [-0.1, -0.05) is 30.3 Å². The topological polar surface area (TPSA) is 6.48 Å². The molecular weight excluding hydrogens is 208 g/mol. The molecule has 1 aromatic carbocycles. The van der Waals surface area contributed by atoms with E-state index in [1.807, 2.05) is 6.08 Å². The summed E-state index contributed by atoms with van der Waals surface area (Å²) >= 11 is 0. The monoisotopic (exact) mass is 230 g/mol. The Hall–Kier alpha value is -1.12. The molecule has 1 saturated heterocycles. The zero-order valence-electron chi connectivity index (χ0n) is 10.7. The Morgan fingerprint density at radius 2 is 1.65 bits per heavy atom. The van der Waals surface area contributed by atoms with Gasteiger partial charge in [-0.25, -0.2) is 0 Å². The highest BCUT2D eigenvalue weighted by Crippen LogP contribution is 2.10. The molecule has 0 saturated carbocycles. The molecule has 1 fully saturated rings. The van der Waals surface area contributed by atoms with E-state index in [1.54, 1.807) is 0 Å². The van der Waals surface area contributed by atoms with E-state index in [0.29, 0.717) is 0 Å². The zero-order valence-corrected chi connectivity index (χ0v) is 10.7. The van der Waals surface area contributed by atoms with Gasteiger partial charge in [0.05, 0.1) is 0 Å². The van der Waals surface area contributed by atoms with Crippen LogP contribution >= 0.6 is 0 Å². The molecule has 1 aromatic rings. The lowest BCUT2D eigenvalue weighted by Crippen LogP contribution is -2.43. The molecule has 0 atom stereocenters. The molecule has 1 aliphatic heterocycles. The third-order valence-corrected chi connectivity index (χ3v) is 3.41. The predicted molar refractivity (Wildman–Crippen MR) is 73.1 cm³/mol. The van der Waals surface area contributed by atoms with Gasteiger partial charge in [-0.3, -0.25) is 4.90 Å². The Bertz CT molecular complexity index is 348. The largest absolute Gasteiger partial charge is 0.304 e. The van der Waals surface area contributed by atoms with Gasteiger partial charge >= 0.3 is 0 Å². The van der Waals surface area contributed by atoms with Crippen LogP contribution in [0.4, 0.5) is 0 Å². The van der Waals surface area contributed by atoms with Crippen LogP contribution < -0.4 is 0 Å².